The van der Waals surface area contributed by atoms with Crippen LogP contribution in [-0.4, -0.2) is 42.0 Å². The largest absolute Gasteiger partial charge is 0.417 e. The second-order valence-electron chi connectivity index (χ2n) is 6.68. The van der Waals surface area contributed by atoms with Crippen molar-refractivity contribution in [3.8, 4) is 0 Å². The van der Waals surface area contributed by atoms with Gasteiger partial charge in [-0.25, -0.2) is 4.98 Å². The summed E-state index contributed by atoms with van der Waals surface area (Å²) >= 11 is 1.55. The van der Waals surface area contributed by atoms with E-state index in [4.69, 9.17) is 0 Å². The van der Waals surface area contributed by atoms with E-state index in [1.807, 2.05) is 39.4 Å². The molecule has 3 aromatic rings. The molecule has 1 saturated heterocycles. The second-order valence-corrected chi connectivity index (χ2v) is 7.59. The Hall–Kier alpha value is -2.61. The number of hydrogen-bond acceptors (Lipinski definition) is 4. The third-order valence-corrected chi connectivity index (χ3v) is 5.86. The Morgan fingerprint density at radius 1 is 1.04 bits per heavy atom. The molecule has 0 bridgehead atoms. The third kappa shape index (κ3) is 3.69. The number of fused-ring (bicyclic) bond motifs is 1. The molecule has 4 rings (SSSR count). The molecule has 1 aliphatic heterocycles. The van der Waals surface area contributed by atoms with Gasteiger partial charge in [-0.15, -0.1) is 11.3 Å². The van der Waals surface area contributed by atoms with Crippen molar-refractivity contribution in [2.45, 2.75) is 12.6 Å². The van der Waals surface area contributed by atoms with Crippen molar-refractivity contribution < 1.29 is 18.0 Å². The quantitative estimate of drug-likeness (QED) is 0.622. The van der Waals surface area contributed by atoms with Gasteiger partial charge in [-0.1, -0.05) is 18.2 Å². The highest BCUT2D eigenvalue weighted by Gasteiger charge is 2.31. The second kappa shape index (κ2) is 7.43. The Morgan fingerprint density at radius 2 is 1.86 bits per heavy atom. The van der Waals surface area contributed by atoms with Crippen LogP contribution in [0.4, 0.5) is 19.0 Å². The monoisotopic (exact) mass is 405 g/mol. The molecule has 3 heterocycles. The van der Waals surface area contributed by atoms with Gasteiger partial charge in [-0.05, 0) is 24.6 Å². The zero-order valence-electron chi connectivity index (χ0n) is 14.9. The Balaban J connectivity index is 1.47. The van der Waals surface area contributed by atoms with E-state index in [9.17, 15) is 18.0 Å². The molecule has 0 atom stereocenters. The lowest BCUT2D eigenvalue weighted by molar-refractivity contribution is -0.137. The average molecular weight is 405 g/mol. The number of anilines is 1. The molecule has 1 amide bonds. The minimum absolute atomic E-state index is 0.000298. The topological polar surface area (TPSA) is 36.4 Å². The minimum Gasteiger partial charge on any atom is -0.355 e. The first-order valence-corrected chi connectivity index (χ1v) is 9.85. The molecule has 28 heavy (non-hydrogen) atoms. The summed E-state index contributed by atoms with van der Waals surface area (Å²) in [4.78, 5) is 20.7. The van der Waals surface area contributed by atoms with Gasteiger partial charge < -0.3 is 9.80 Å². The summed E-state index contributed by atoms with van der Waals surface area (Å²) in [5.41, 5.74) is -0.0473. The van der Waals surface area contributed by atoms with Crippen LogP contribution in [0.15, 0.2) is 48.0 Å². The summed E-state index contributed by atoms with van der Waals surface area (Å²) in [5, 5.41) is 2.86. The highest BCUT2D eigenvalue weighted by atomic mass is 32.1. The lowest BCUT2D eigenvalue weighted by atomic mass is 10.1. The molecule has 8 heteroatoms. The minimum atomic E-state index is -4.39. The van der Waals surface area contributed by atoms with Crippen LogP contribution in [0.25, 0.3) is 10.1 Å². The molecule has 0 spiro atoms. The first-order chi connectivity index (χ1) is 13.4. The van der Waals surface area contributed by atoms with Crippen molar-refractivity contribution >= 4 is 33.1 Å². The third-order valence-electron chi connectivity index (χ3n) is 4.89. The maximum atomic E-state index is 13.0. The fourth-order valence-corrected chi connectivity index (χ4v) is 4.34. The number of amides is 1. The van der Waals surface area contributed by atoms with Gasteiger partial charge >= 0.3 is 6.18 Å². The Kier molecular flexibility index (Phi) is 4.97. The molecule has 146 valence electrons. The Bertz CT molecular complexity index is 984. The van der Waals surface area contributed by atoms with Gasteiger partial charge in [0.2, 0.25) is 0 Å². The summed E-state index contributed by atoms with van der Waals surface area (Å²) in [7, 11) is 0. The number of pyridine rings is 1. The summed E-state index contributed by atoms with van der Waals surface area (Å²) in [6.45, 7) is 2.30. The van der Waals surface area contributed by atoms with E-state index >= 15 is 0 Å². The lowest BCUT2D eigenvalue weighted by Gasteiger charge is -2.23. The number of aromatic nitrogens is 1. The fourth-order valence-electron chi connectivity index (χ4n) is 3.40. The molecule has 1 aliphatic rings. The average Bonchev–Trinajstić information content (AvgIpc) is 2.96. The maximum absolute atomic E-state index is 13.0. The van der Waals surface area contributed by atoms with Crippen molar-refractivity contribution in [3.05, 3.63) is 59.1 Å². The number of nitrogens with zero attached hydrogens (tertiary/aromatic N) is 3. The number of halogens is 3. The normalized spacial score (nSPS) is 15.7. The molecule has 1 aromatic carbocycles. The van der Waals surface area contributed by atoms with E-state index in [0.29, 0.717) is 37.6 Å². The first-order valence-electron chi connectivity index (χ1n) is 8.97. The number of benzene rings is 1. The van der Waals surface area contributed by atoms with Crippen LogP contribution in [0, 0.1) is 0 Å². The summed E-state index contributed by atoms with van der Waals surface area (Å²) in [6.07, 6.45) is -2.80. The molecule has 0 unspecified atom stereocenters. The molecular formula is C20H18F3N3OS. The Morgan fingerprint density at radius 3 is 2.61 bits per heavy atom. The van der Waals surface area contributed by atoms with E-state index in [1.54, 1.807) is 11.3 Å². The van der Waals surface area contributed by atoms with Crippen LogP contribution in [0.2, 0.25) is 0 Å². The van der Waals surface area contributed by atoms with Gasteiger partial charge in [0, 0.05) is 47.8 Å². The van der Waals surface area contributed by atoms with Gasteiger partial charge in [0.1, 0.15) is 5.82 Å². The van der Waals surface area contributed by atoms with Crippen LogP contribution in [0.1, 0.15) is 22.3 Å². The smallest absolute Gasteiger partial charge is 0.355 e. The molecule has 2 aromatic heterocycles. The molecular weight excluding hydrogens is 387 g/mol. The van der Waals surface area contributed by atoms with E-state index in [0.717, 1.165) is 28.8 Å². The lowest BCUT2D eigenvalue weighted by Crippen LogP contribution is -2.35. The summed E-state index contributed by atoms with van der Waals surface area (Å²) in [5.74, 6) is 0.503. The van der Waals surface area contributed by atoms with Crippen molar-refractivity contribution in [2.75, 3.05) is 31.1 Å². The van der Waals surface area contributed by atoms with Crippen molar-refractivity contribution in [1.29, 1.82) is 0 Å². The van der Waals surface area contributed by atoms with Gasteiger partial charge in [-0.2, -0.15) is 13.2 Å². The molecule has 0 N–H and O–H groups in total. The van der Waals surface area contributed by atoms with Gasteiger partial charge in [0.15, 0.2) is 0 Å². The molecule has 0 radical (unpaired) electrons. The molecule has 1 fully saturated rings. The maximum Gasteiger partial charge on any atom is 0.417 e. The Labute approximate surface area is 164 Å². The van der Waals surface area contributed by atoms with Crippen molar-refractivity contribution in [2.24, 2.45) is 0 Å². The predicted molar refractivity (Wildman–Crippen MR) is 104 cm³/mol. The van der Waals surface area contributed by atoms with Crippen LogP contribution in [0.5, 0.6) is 0 Å². The van der Waals surface area contributed by atoms with E-state index < -0.39 is 11.7 Å². The van der Waals surface area contributed by atoms with Crippen molar-refractivity contribution in [1.82, 2.24) is 9.88 Å². The van der Waals surface area contributed by atoms with E-state index in [1.165, 1.54) is 6.07 Å². The van der Waals surface area contributed by atoms with Gasteiger partial charge in [0.25, 0.3) is 5.91 Å². The fraction of sp³-hybridized carbons (Fsp3) is 0.300. The van der Waals surface area contributed by atoms with Crippen LogP contribution in [0.3, 0.4) is 0 Å². The zero-order valence-corrected chi connectivity index (χ0v) is 15.8. The summed E-state index contributed by atoms with van der Waals surface area (Å²) < 4.78 is 39.2. The summed E-state index contributed by atoms with van der Waals surface area (Å²) in [6, 6.07) is 10.3. The van der Waals surface area contributed by atoms with E-state index in [-0.39, 0.29) is 5.91 Å². The predicted octanol–water partition coefficient (Wildman–Crippen LogP) is 4.67. The van der Waals surface area contributed by atoms with Crippen LogP contribution >= 0.6 is 11.3 Å². The number of carbonyl (C=O) groups excluding carboxylic acids is 1. The molecule has 0 aliphatic carbocycles. The number of alkyl halides is 3. The highest BCUT2D eigenvalue weighted by Crippen LogP contribution is 2.30. The van der Waals surface area contributed by atoms with Crippen molar-refractivity contribution in [3.63, 3.8) is 0 Å². The first kappa shape index (κ1) is 18.7. The standard InChI is InChI=1S/C20H18F3N3OS/c21-20(22,23)14-6-7-18(24-12-14)25-8-3-9-26(11-10-25)19(27)16-13-28-17-5-2-1-4-15(16)17/h1-2,4-7,12-13H,3,8-11H2. The number of hydrogen-bond donors (Lipinski definition) is 0. The van der Waals surface area contributed by atoms with E-state index in [2.05, 4.69) is 4.98 Å². The number of rotatable bonds is 2. The van der Waals surface area contributed by atoms with Crippen LogP contribution in [-0.2, 0) is 6.18 Å². The van der Waals surface area contributed by atoms with Gasteiger partial charge in [-0.3, -0.25) is 4.79 Å². The van der Waals surface area contributed by atoms with Gasteiger partial charge in [0.05, 0.1) is 11.1 Å². The SMILES string of the molecule is O=C(c1csc2ccccc12)N1CCCN(c2ccc(C(F)(F)F)cn2)CC1. The molecule has 4 nitrogen and oxygen atoms in total. The highest BCUT2D eigenvalue weighted by molar-refractivity contribution is 7.17. The number of thiophene rings is 1. The number of carbonyl (C=O) groups is 1. The zero-order chi connectivity index (χ0) is 19.7. The molecule has 0 saturated carbocycles. The van der Waals surface area contributed by atoms with Crippen LogP contribution < -0.4 is 4.90 Å².